The lowest BCUT2D eigenvalue weighted by atomic mass is 10.1. The third-order valence-corrected chi connectivity index (χ3v) is 4.83. The standard InChI is InChI=1S/C22H20O2S/c1-16-14-21(17(2)25-16)22(23)13-10-18-8-11-20(12-9-18)24-15-19-6-4-3-5-7-19/h3-14H,15H2,1-2H3/b13-10+. The Hall–Kier alpha value is -2.65. The van der Waals surface area contributed by atoms with Crippen LogP contribution in [0.25, 0.3) is 6.08 Å². The molecule has 126 valence electrons. The predicted octanol–water partition coefficient (Wildman–Crippen LogP) is 5.84. The molecule has 0 atom stereocenters. The van der Waals surface area contributed by atoms with Gasteiger partial charge in [-0.1, -0.05) is 48.5 Å². The fourth-order valence-electron chi connectivity index (χ4n) is 2.55. The topological polar surface area (TPSA) is 26.3 Å². The Labute approximate surface area is 152 Å². The van der Waals surface area contributed by atoms with E-state index >= 15 is 0 Å². The van der Waals surface area contributed by atoms with Gasteiger partial charge in [0.2, 0.25) is 0 Å². The van der Waals surface area contributed by atoms with Gasteiger partial charge in [-0.25, -0.2) is 0 Å². The van der Waals surface area contributed by atoms with E-state index in [-0.39, 0.29) is 5.78 Å². The van der Waals surface area contributed by atoms with Gasteiger partial charge in [0.15, 0.2) is 5.78 Å². The van der Waals surface area contributed by atoms with Crippen molar-refractivity contribution < 1.29 is 9.53 Å². The second kappa shape index (κ2) is 7.95. The molecule has 0 saturated heterocycles. The number of carbonyl (C=O) groups is 1. The number of allylic oxidation sites excluding steroid dienone is 1. The molecule has 2 aromatic carbocycles. The molecule has 25 heavy (non-hydrogen) atoms. The van der Waals surface area contributed by atoms with Crippen LogP contribution in [0.15, 0.2) is 66.7 Å². The van der Waals surface area contributed by atoms with E-state index in [0.717, 1.165) is 32.2 Å². The molecule has 1 aromatic heterocycles. The van der Waals surface area contributed by atoms with Gasteiger partial charge in [0.1, 0.15) is 12.4 Å². The minimum atomic E-state index is 0.0475. The Morgan fingerprint density at radius 1 is 1.04 bits per heavy atom. The van der Waals surface area contributed by atoms with Gasteiger partial charge in [-0.2, -0.15) is 0 Å². The van der Waals surface area contributed by atoms with Crippen LogP contribution in [0.3, 0.4) is 0 Å². The van der Waals surface area contributed by atoms with Gasteiger partial charge in [0.25, 0.3) is 0 Å². The first-order valence-electron chi connectivity index (χ1n) is 8.18. The van der Waals surface area contributed by atoms with Crippen molar-refractivity contribution in [3.05, 3.63) is 93.2 Å². The third-order valence-electron chi connectivity index (χ3n) is 3.86. The average molecular weight is 348 g/mol. The van der Waals surface area contributed by atoms with Gasteiger partial charge in [0, 0.05) is 15.3 Å². The van der Waals surface area contributed by atoms with Crippen LogP contribution >= 0.6 is 11.3 Å². The molecule has 2 nitrogen and oxygen atoms in total. The van der Waals surface area contributed by atoms with E-state index in [2.05, 4.69) is 0 Å². The monoisotopic (exact) mass is 348 g/mol. The van der Waals surface area contributed by atoms with Gasteiger partial charge in [-0.05, 0) is 49.2 Å². The second-order valence-electron chi connectivity index (χ2n) is 5.87. The van der Waals surface area contributed by atoms with Crippen LogP contribution in [0.4, 0.5) is 0 Å². The van der Waals surface area contributed by atoms with Crippen LogP contribution in [0.5, 0.6) is 5.75 Å². The van der Waals surface area contributed by atoms with Crippen molar-refractivity contribution in [2.45, 2.75) is 20.5 Å². The van der Waals surface area contributed by atoms with Gasteiger partial charge in [-0.3, -0.25) is 4.79 Å². The molecule has 0 amide bonds. The zero-order chi connectivity index (χ0) is 17.6. The minimum absolute atomic E-state index is 0.0475. The molecule has 0 unspecified atom stereocenters. The molecule has 3 heteroatoms. The summed E-state index contributed by atoms with van der Waals surface area (Å²) in [5.41, 5.74) is 2.91. The molecule has 0 spiro atoms. The Morgan fingerprint density at radius 3 is 2.40 bits per heavy atom. The summed E-state index contributed by atoms with van der Waals surface area (Å²) in [5, 5.41) is 0. The molecule has 0 aliphatic rings. The number of ketones is 1. The largest absolute Gasteiger partial charge is 0.489 e. The van der Waals surface area contributed by atoms with Crippen LogP contribution in [0.2, 0.25) is 0 Å². The first-order chi connectivity index (χ1) is 12.1. The molecule has 0 saturated carbocycles. The number of carbonyl (C=O) groups excluding carboxylic acids is 1. The highest BCUT2D eigenvalue weighted by Gasteiger charge is 2.08. The van der Waals surface area contributed by atoms with E-state index in [1.807, 2.05) is 80.6 Å². The molecule has 3 rings (SSSR count). The zero-order valence-corrected chi connectivity index (χ0v) is 15.2. The number of thiophene rings is 1. The van der Waals surface area contributed by atoms with Crippen molar-refractivity contribution in [3.63, 3.8) is 0 Å². The highest BCUT2D eigenvalue weighted by atomic mass is 32.1. The van der Waals surface area contributed by atoms with Crippen molar-refractivity contribution in [1.29, 1.82) is 0 Å². The summed E-state index contributed by atoms with van der Waals surface area (Å²) in [6, 6.07) is 19.8. The lowest BCUT2D eigenvalue weighted by molar-refractivity contribution is 0.104. The lowest BCUT2D eigenvalue weighted by Crippen LogP contribution is -1.95. The van der Waals surface area contributed by atoms with Gasteiger partial charge < -0.3 is 4.74 Å². The fourth-order valence-corrected chi connectivity index (χ4v) is 3.48. The Bertz CT molecular complexity index is 874. The molecule has 0 aliphatic heterocycles. The number of benzene rings is 2. The number of ether oxygens (including phenoxy) is 1. The summed E-state index contributed by atoms with van der Waals surface area (Å²) in [7, 11) is 0. The van der Waals surface area contributed by atoms with E-state index in [0.29, 0.717) is 6.61 Å². The summed E-state index contributed by atoms with van der Waals surface area (Å²) in [5.74, 6) is 0.864. The summed E-state index contributed by atoms with van der Waals surface area (Å²) < 4.78 is 5.77. The minimum Gasteiger partial charge on any atom is -0.489 e. The van der Waals surface area contributed by atoms with Gasteiger partial charge in [-0.15, -0.1) is 11.3 Å². The van der Waals surface area contributed by atoms with Crippen molar-refractivity contribution in [2.75, 3.05) is 0 Å². The Balaban J connectivity index is 1.60. The van der Waals surface area contributed by atoms with Crippen LogP contribution in [-0.2, 0) is 6.61 Å². The van der Waals surface area contributed by atoms with Crippen molar-refractivity contribution in [1.82, 2.24) is 0 Å². The van der Waals surface area contributed by atoms with E-state index in [1.54, 1.807) is 17.4 Å². The zero-order valence-electron chi connectivity index (χ0n) is 14.4. The lowest BCUT2D eigenvalue weighted by Gasteiger charge is -2.06. The molecule has 0 radical (unpaired) electrons. The SMILES string of the molecule is Cc1cc(C(=O)/C=C/c2ccc(OCc3ccccc3)cc2)c(C)s1. The smallest absolute Gasteiger partial charge is 0.186 e. The maximum atomic E-state index is 12.3. The molecule has 0 aliphatic carbocycles. The highest BCUT2D eigenvalue weighted by molar-refractivity contribution is 7.12. The Kier molecular flexibility index (Phi) is 5.46. The van der Waals surface area contributed by atoms with Crippen molar-refractivity contribution >= 4 is 23.2 Å². The van der Waals surface area contributed by atoms with E-state index in [1.165, 1.54) is 0 Å². The van der Waals surface area contributed by atoms with Crippen LogP contribution in [0.1, 0.15) is 31.2 Å². The molecular weight excluding hydrogens is 328 g/mol. The second-order valence-corrected chi connectivity index (χ2v) is 7.33. The number of rotatable bonds is 6. The molecule has 1 heterocycles. The maximum absolute atomic E-state index is 12.3. The first kappa shape index (κ1) is 17.2. The number of hydrogen-bond donors (Lipinski definition) is 0. The molecule has 0 bridgehead atoms. The van der Waals surface area contributed by atoms with Crippen LogP contribution in [0, 0.1) is 13.8 Å². The number of hydrogen-bond acceptors (Lipinski definition) is 3. The molecule has 0 N–H and O–H groups in total. The Morgan fingerprint density at radius 2 is 1.76 bits per heavy atom. The number of aryl methyl sites for hydroxylation is 2. The summed E-state index contributed by atoms with van der Waals surface area (Å²) in [6.45, 7) is 4.55. The van der Waals surface area contributed by atoms with E-state index in [4.69, 9.17) is 4.74 Å². The third kappa shape index (κ3) is 4.68. The van der Waals surface area contributed by atoms with Crippen LogP contribution < -0.4 is 4.74 Å². The normalized spacial score (nSPS) is 11.0. The molecule has 3 aromatic rings. The predicted molar refractivity (Wildman–Crippen MR) is 104 cm³/mol. The maximum Gasteiger partial charge on any atom is 0.186 e. The fraction of sp³-hybridized carbons (Fsp3) is 0.136. The summed E-state index contributed by atoms with van der Waals surface area (Å²) >= 11 is 1.65. The molecular formula is C22H20O2S. The highest BCUT2D eigenvalue weighted by Crippen LogP contribution is 2.22. The van der Waals surface area contributed by atoms with Crippen molar-refractivity contribution in [3.8, 4) is 5.75 Å². The summed E-state index contributed by atoms with van der Waals surface area (Å²) in [4.78, 5) is 14.5. The quantitative estimate of drug-likeness (QED) is 0.413. The summed E-state index contributed by atoms with van der Waals surface area (Å²) in [6.07, 6.45) is 3.48. The van der Waals surface area contributed by atoms with E-state index < -0.39 is 0 Å². The molecule has 0 fully saturated rings. The van der Waals surface area contributed by atoms with Crippen molar-refractivity contribution in [2.24, 2.45) is 0 Å². The van der Waals surface area contributed by atoms with Gasteiger partial charge in [0.05, 0.1) is 0 Å². The van der Waals surface area contributed by atoms with Crippen LogP contribution in [-0.4, -0.2) is 5.78 Å². The average Bonchev–Trinajstić information content (AvgIpc) is 2.98. The van der Waals surface area contributed by atoms with Gasteiger partial charge >= 0.3 is 0 Å². The van der Waals surface area contributed by atoms with E-state index in [9.17, 15) is 4.79 Å². The first-order valence-corrected chi connectivity index (χ1v) is 9.00.